The number of ketones is 1. The molecule has 2 aromatic heterocycles. The molecule has 16 nitrogen and oxygen atoms in total. The highest BCUT2D eigenvalue weighted by Gasteiger charge is 2.49. The number of aromatic nitrogens is 4. The van der Waals surface area contributed by atoms with E-state index in [0.29, 0.717) is 11.1 Å². The molecule has 0 saturated carbocycles. The van der Waals surface area contributed by atoms with Gasteiger partial charge in [0.25, 0.3) is 0 Å². The second-order valence-electron chi connectivity index (χ2n) is 9.12. The van der Waals surface area contributed by atoms with Gasteiger partial charge in [-0.25, -0.2) is 28.6 Å². The van der Waals surface area contributed by atoms with Gasteiger partial charge < -0.3 is 35.0 Å². The van der Waals surface area contributed by atoms with Crippen molar-refractivity contribution >= 4 is 55.1 Å². The molecule has 0 radical (unpaired) electrons. The van der Waals surface area contributed by atoms with Crippen LogP contribution in [0.2, 0.25) is 0 Å². The standard InChI is InChI=1S/C24H23N5O11P2S/c25-21-17-22(27-11-26-21)29(12-28-17)23-19(31)20(16(38-23)10-37-41(33,34)40-42(35,36)43)39-24(32)15-8-6-14(7-9-15)18(30)13-4-2-1-3-5-13/h1-9,11-12,16,19-20,23,31H,10H2,(H,33,34)(H2,25,26,27)(H2,35,36,43)/t16-,19-,20-,23-/m1/s1. The van der Waals surface area contributed by atoms with Crippen molar-refractivity contribution in [1.29, 1.82) is 0 Å². The third-order valence-corrected chi connectivity index (χ3v) is 9.00. The number of nitrogens with two attached hydrogens (primary N) is 1. The molecule has 1 fully saturated rings. The summed E-state index contributed by atoms with van der Waals surface area (Å²) in [6.07, 6.45) is -3.41. The number of esters is 1. The van der Waals surface area contributed by atoms with Crippen LogP contribution in [0.5, 0.6) is 0 Å². The summed E-state index contributed by atoms with van der Waals surface area (Å²) in [7, 11) is -5.12. The fourth-order valence-electron chi connectivity index (χ4n) is 4.32. The molecule has 5 rings (SSSR count). The predicted octanol–water partition coefficient (Wildman–Crippen LogP) is 1.47. The largest absolute Gasteiger partial charge is 0.479 e. The summed E-state index contributed by atoms with van der Waals surface area (Å²) in [5.41, 5.74) is 6.99. The fraction of sp³-hybridized carbons (Fsp3) is 0.208. The number of phosphoric acid groups is 1. The van der Waals surface area contributed by atoms with Crippen LogP contribution in [0.25, 0.3) is 11.2 Å². The molecule has 1 aliphatic heterocycles. The molecule has 0 spiro atoms. The van der Waals surface area contributed by atoms with Crippen molar-refractivity contribution in [3.05, 3.63) is 83.9 Å². The lowest BCUT2D eigenvalue weighted by atomic mass is 10.0. The Kier molecular flexibility index (Phi) is 8.83. The lowest BCUT2D eigenvalue weighted by Crippen LogP contribution is -2.38. The second-order valence-corrected chi connectivity index (χ2v) is 13.4. The predicted molar refractivity (Wildman–Crippen MR) is 151 cm³/mol. The number of carbonyl (C=O) groups excluding carboxylic acids is 2. The molecular weight excluding hydrogens is 628 g/mol. The summed E-state index contributed by atoms with van der Waals surface area (Å²) in [6, 6.07) is 14.1. The molecule has 226 valence electrons. The van der Waals surface area contributed by atoms with E-state index in [-0.39, 0.29) is 28.3 Å². The van der Waals surface area contributed by atoms with Gasteiger partial charge in [-0.15, -0.1) is 0 Å². The third-order valence-electron chi connectivity index (χ3n) is 6.24. The number of aliphatic hydroxyl groups excluding tert-OH is 1. The first-order valence-electron chi connectivity index (χ1n) is 12.2. The van der Waals surface area contributed by atoms with Crippen LogP contribution >= 0.6 is 14.5 Å². The van der Waals surface area contributed by atoms with Gasteiger partial charge in [0.15, 0.2) is 29.6 Å². The number of phosphoric ester groups is 1. The lowest BCUT2D eigenvalue weighted by molar-refractivity contribution is -0.0519. The molecule has 19 heteroatoms. The highest BCUT2D eigenvalue weighted by molar-refractivity contribution is 8.08. The highest BCUT2D eigenvalue weighted by Crippen LogP contribution is 2.58. The Balaban J connectivity index is 1.38. The lowest BCUT2D eigenvalue weighted by Gasteiger charge is -2.22. The maximum atomic E-state index is 13.1. The van der Waals surface area contributed by atoms with Gasteiger partial charge in [0.1, 0.15) is 24.1 Å². The number of hydrogen-bond acceptors (Lipinski definition) is 13. The van der Waals surface area contributed by atoms with Gasteiger partial charge in [-0.2, -0.15) is 0 Å². The Morgan fingerprint density at radius 2 is 1.65 bits per heavy atom. The van der Waals surface area contributed by atoms with Crippen LogP contribution in [0.4, 0.5) is 5.82 Å². The molecule has 5 atom stereocenters. The minimum atomic E-state index is -5.12. The number of hydrogen-bond donors (Lipinski definition) is 5. The normalized spacial score (nSPS) is 21.9. The maximum Gasteiger partial charge on any atom is 0.479 e. The average Bonchev–Trinajstić information content (AvgIpc) is 3.52. The minimum Gasteiger partial charge on any atom is -0.453 e. The van der Waals surface area contributed by atoms with E-state index in [1.807, 2.05) is 0 Å². The van der Waals surface area contributed by atoms with Crippen LogP contribution in [-0.4, -0.2) is 76.0 Å². The SMILES string of the molecule is Nc1ncnc2c1ncn2[C@@H]1O[C@H](COP(=O)(O)OP(O)(O)=S)[C@@H](OC(=O)c2ccc(C(=O)c3ccccc3)cc2)[C@H]1O. The average molecular weight is 651 g/mol. The molecule has 2 aromatic carbocycles. The summed E-state index contributed by atoms with van der Waals surface area (Å²) < 4.78 is 33.8. The Morgan fingerprint density at radius 3 is 2.33 bits per heavy atom. The van der Waals surface area contributed by atoms with E-state index in [0.717, 1.165) is 6.33 Å². The molecule has 0 bridgehead atoms. The van der Waals surface area contributed by atoms with Crippen molar-refractivity contribution in [2.45, 2.75) is 24.5 Å². The van der Waals surface area contributed by atoms with Crippen molar-refractivity contribution in [2.24, 2.45) is 0 Å². The number of nitrogens with zero attached hydrogens (tertiary/aromatic N) is 4. The van der Waals surface area contributed by atoms with Crippen molar-refractivity contribution < 1.29 is 52.2 Å². The van der Waals surface area contributed by atoms with E-state index in [1.165, 1.54) is 35.2 Å². The van der Waals surface area contributed by atoms with E-state index in [1.54, 1.807) is 30.3 Å². The zero-order valence-electron chi connectivity index (χ0n) is 21.7. The molecule has 6 N–H and O–H groups in total. The molecule has 1 saturated heterocycles. The van der Waals surface area contributed by atoms with Crippen LogP contribution in [0.3, 0.4) is 0 Å². The highest BCUT2D eigenvalue weighted by atomic mass is 32.5. The molecule has 4 aromatic rings. The quantitative estimate of drug-likeness (QED) is 0.0926. The Morgan fingerprint density at radius 1 is 1.00 bits per heavy atom. The van der Waals surface area contributed by atoms with Crippen LogP contribution in [0.1, 0.15) is 32.5 Å². The van der Waals surface area contributed by atoms with Gasteiger partial charge >= 0.3 is 20.5 Å². The number of nitrogen functional groups attached to an aromatic ring is 1. The van der Waals surface area contributed by atoms with E-state index in [2.05, 4.69) is 31.1 Å². The fourth-order valence-corrected chi connectivity index (χ4v) is 6.67. The summed E-state index contributed by atoms with van der Waals surface area (Å²) in [5.74, 6) is -1.14. The van der Waals surface area contributed by atoms with Gasteiger partial charge in [0, 0.05) is 11.1 Å². The second kappa shape index (κ2) is 12.3. The van der Waals surface area contributed by atoms with Crippen molar-refractivity contribution in [3.8, 4) is 0 Å². The third kappa shape index (κ3) is 7.03. The zero-order valence-corrected chi connectivity index (χ0v) is 24.3. The maximum absolute atomic E-state index is 13.1. The van der Waals surface area contributed by atoms with Gasteiger partial charge in [0.2, 0.25) is 0 Å². The number of anilines is 1. The first-order chi connectivity index (χ1) is 20.3. The van der Waals surface area contributed by atoms with E-state index in [4.69, 9.17) is 19.7 Å². The summed E-state index contributed by atoms with van der Waals surface area (Å²) >= 11 is 4.21. The summed E-state index contributed by atoms with van der Waals surface area (Å²) in [6.45, 7) is -5.43. The number of aliphatic hydroxyl groups is 1. The Hall–Kier alpha value is -3.47. The number of ether oxygens (including phenoxy) is 2. The van der Waals surface area contributed by atoms with Crippen molar-refractivity contribution in [3.63, 3.8) is 0 Å². The molecule has 0 aliphatic carbocycles. The summed E-state index contributed by atoms with van der Waals surface area (Å²) in [5, 5.41) is 11.2. The molecular formula is C24H23N5O11P2S. The van der Waals surface area contributed by atoms with E-state index in [9.17, 15) is 33.9 Å². The molecule has 0 amide bonds. The Bertz CT molecular complexity index is 1750. The first-order valence-corrected chi connectivity index (χ1v) is 16.4. The van der Waals surface area contributed by atoms with Gasteiger partial charge in [-0.3, -0.25) is 13.9 Å². The summed E-state index contributed by atoms with van der Waals surface area (Å²) in [4.78, 5) is 66.2. The van der Waals surface area contributed by atoms with Crippen molar-refractivity contribution in [1.82, 2.24) is 19.5 Å². The van der Waals surface area contributed by atoms with Gasteiger partial charge in [-0.1, -0.05) is 42.5 Å². The van der Waals surface area contributed by atoms with Gasteiger partial charge in [-0.05, 0) is 23.9 Å². The van der Waals surface area contributed by atoms with E-state index >= 15 is 0 Å². The Labute approximate surface area is 247 Å². The minimum absolute atomic E-state index is 0.0194. The topological polar surface area (TPSA) is 239 Å². The molecule has 1 unspecified atom stereocenters. The zero-order chi connectivity index (χ0) is 30.9. The number of fused-ring (bicyclic) bond motifs is 1. The van der Waals surface area contributed by atoms with Gasteiger partial charge in [0.05, 0.1) is 18.5 Å². The number of imidazole rings is 1. The smallest absolute Gasteiger partial charge is 0.453 e. The number of carbonyl (C=O) groups is 2. The van der Waals surface area contributed by atoms with E-state index < -0.39 is 51.7 Å². The molecule has 1 aliphatic rings. The molecule has 3 heterocycles. The number of benzene rings is 2. The van der Waals surface area contributed by atoms with Crippen LogP contribution in [-0.2, 0) is 34.7 Å². The first kappa shape index (κ1) is 31.0. The monoisotopic (exact) mass is 651 g/mol. The van der Waals surface area contributed by atoms with Crippen molar-refractivity contribution in [2.75, 3.05) is 12.3 Å². The van der Waals surface area contributed by atoms with Crippen LogP contribution in [0.15, 0.2) is 67.3 Å². The van der Waals surface area contributed by atoms with Crippen LogP contribution < -0.4 is 5.73 Å². The van der Waals surface area contributed by atoms with Crippen LogP contribution in [0, 0.1) is 0 Å². The molecule has 43 heavy (non-hydrogen) atoms. The number of rotatable bonds is 10.